The molecule has 19 heavy (non-hydrogen) atoms. The van der Waals surface area contributed by atoms with Gasteiger partial charge in [-0.2, -0.15) is 0 Å². The number of carbonyl (C=O) groups is 1. The number of amides is 1. The molecule has 0 aliphatic carbocycles. The summed E-state index contributed by atoms with van der Waals surface area (Å²) in [4.78, 5) is 26.6. The van der Waals surface area contributed by atoms with Crippen molar-refractivity contribution in [3.8, 4) is 0 Å². The van der Waals surface area contributed by atoms with Crippen molar-refractivity contribution in [3.63, 3.8) is 0 Å². The summed E-state index contributed by atoms with van der Waals surface area (Å²) in [5.41, 5.74) is -0.404. The Morgan fingerprint density at radius 3 is 3.21 bits per heavy atom. The Morgan fingerprint density at radius 1 is 1.58 bits per heavy atom. The van der Waals surface area contributed by atoms with Crippen LogP contribution in [0.15, 0.2) is 23.3 Å². The highest BCUT2D eigenvalue weighted by Crippen LogP contribution is 2.16. The van der Waals surface area contributed by atoms with E-state index in [1.807, 2.05) is 0 Å². The molecule has 0 radical (unpaired) electrons. The third-order valence-electron chi connectivity index (χ3n) is 3.23. The summed E-state index contributed by atoms with van der Waals surface area (Å²) >= 11 is 0. The summed E-state index contributed by atoms with van der Waals surface area (Å²) in [6.07, 6.45) is 6.17. The molecular formula is C13H19N3O3. The van der Waals surface area contributed by atoms with Gasteiger partial charge >= 0.3 is 5.69 Å². The lowest BCUT2D eigenvalue weighted by molar-refractivity contribution is -0.121. The Labute approximate surface area is 111 Å². The van der Waals surface area contributed by atoms with Crippen LogP contribution in [-0.2, 0) is 16.1 Å². The molecule has 1 aromatic rings. The van der Waals surface area contributed by atoms with Crippen LogP contribution >= 0.6 is 0 Å². The highest BCUT2D eigenvalue weighted by atomic mass is 16.5. The molecule has 1 atom stereocenters. The van der Waals surface area contributed by atoms with Gasteiger partial charge in [0.05, 0.1) is 0 Å². The van der Waals surface area contributed by atoms with E-state index in [0.717, 1.165) is 32.5 Å². The van der Waals surface area contributed by atoms with Gasteiger partial charge in [0.15, 0.2) is 0 Å². The van der Waals surface area contributed by atoms with Crippen LogP contribution < -0.4 is 11.0 Å². The van der Waals surface area contributed by atoms with Crippen molar-refractivity contribution in [3.05, 3.63) is 28.9 Å². The van der Waals surface area contributed by atoms with Crippen molar-refractivity contribution in [1.82, 2.24) is 14.9 Å². The smallest absolute Gasteiger partial charge is 0.347 e. The number of ether oxygens (including phenoxy) is 1. The zero-order chi connectivity index (χ0) is 13.5. The molecule has 0 aromatic carbocycles. The van der Waals surface area contributed by atoms with E-state index < -0.39 is 5.69 Å². The van der Waals surface area contributed by atoms with Gasteiger partial charge in [0.25, 0.3) is 0 Å². The second-order valence-corrected chi connectivity index (χ2v) is 4.75. The summed E-state index contributed by atoms with van der Waals surface area (Å²) in [7, 11) is 0. The normalized spacial score (nSPS) is 19.1. The first-order valence-electron chi connectivity index (χ1n) is 6.61. The van der Waals surface area contributed by atoms with Gasteiger partial charge in [-0.25, -0.2) is 9.78 Å². The molecular weight excluding hydrogens is 246 g/mol. The molecule has 2 rings (SSSR count). The highest BCUT2D eigenvalue weighted by molar-refractivity contribution is 5.75. The number of nitrogens with one attached hydrogen (secondary N) is 1. The van der Waals surface area contributed by atoms with E-state index in [-0.39, 0.29) is 12.5 Å². The summed E-state index contributed by atoms with van der Waals surface area (Å²) < 4.78 is 6.68. The van der Waals surface area contributed by atoms with Crippen LogP contribution in [0.25, 0.3) is 0 Å². The second-order valence-electron chi connectivity index (χ2n) is 4.75. The number of aromatic nitrogens is 2. The molecule has 0 unspecified atom stereocenters. The summed E-state index contributed by atoms with van der Waals surface area (Å²) in [5, 5.41) is 2.82. The van der Waals surface area contributed by atoms with E-state index in [0.29, 0.717) is 12.5 Å². The molecule has 6 nitrogen and oxygen atoms in total. The van der Waals surface area contributed by atoms with Gasteiger partial charge in [0.2, 0.25) is 5.91 Å². The maximum Gasteiger partial charge on any atom is 0.347 e. The van der Waals surface area contributed by atoms with E-state index >= 15 is 0 Å². The summed E-state index contributed by atoms with van der Waals surface area (Å²) in [6.45, 7) is 2.29. The van der Waals surface area contributed by atoms with Crippen LogP contribution in [-0.4, -0.2) is 35.2 Å². The zero-order valence-corrected chi connectivity index (χ0v) is 10.9. The average Bonchev–Trinajstić information content (AvgIpc) is 2.43. The molecule has 1 aliphatic heterocycles. The molecule has 0 bridgehead atoms. The van der Waals surface area contributed by atoms with Crippen molar-refractivity contribution in [2.45, 2.75) is 25.8 Å². The average molecular weight is 265 g/mol. The maximum absolute atomic E-state index is 11.7. The van der Waals surface area contributed by atoms with Gasteiger partial charge in [0.1, 0.15) is 6.54 Å². The van der Waals surface area contributed by atoms with Crippen molar-refractivity contribution in [2.75, 3.05) is 19.8 Å². The minimum Gasteiger partial charge on any atom is -0.381 e. The van der Waals surface area contributed by atoms with Crippen LogP contribution in [0.4, 0.5) is 0 Å². The minimum atomic E-state index is -0.404. The van der Waals surface area contributed by atoms with Crippen LogP contribution in [0.3, 0.4) is 0 Å². The van der Waals surface area contributed by atoms with Gasteiger partial charge < -0.3 is 10.1 Å². The first-order valence-corrected chi connectivity index (χ1v) is 6.61. The zero-order valence-electron chi connectivity index (χ0n) is 10.9. The fourth-order valence-electron chi connectivity index (χ4n) is 2.17. The predicted octanol–water partition coefficient (Wildman–Crippen LogP) is 0.176. The second kappa shape index (κ2) is 7.04. The highest BCUT2D eigenvalue weighted by Gasteiger charge is 2.13. The van der Waals surface area contributed by atoms with Crippen LogP contribution in [0, 0.1) is 5.92 Å². The minimum absolute atomic E-state index is 0.0217. The van der Waals surface area contributed by atoms with Crippen molar-refractivity contribution < 1.29 is 9.53 Å². The third-order valence-corrected chi connectivity index (χ3v) is 3.23. The maximum atomic E-state index is 11.7. The number of rotatable bonds is 5. The first-order chi connectivity index (χ1) is 9.25. The van der Waals surface area contributed by atoms with Gasteiger partial charge in [-0.1, -0.05) is 0 Å². The molecule has 1 amide bonds. The first kappa shape index (κ1) is 13.7. The Balaban J connectivity index is 1.70. The standard InChI is InChI=1S/C13H19N3O3/c17-12(9-16-7-2-5-15-13(16)18)14-6-4-11-3-1-8-19-10-11/h2,5,7,11H,1,3-4,6,8-10H2,(H,14,17)/t11-/m1/s1. The van der Waals surface area contributed by atoms with Crippen molar-refractivity contribution in [2.24, 2.45) is 5.92 Å². The quantitative estimate of drug-likeness (QED) is 0.824. The number of hydrogen-bond donors (Lipinski definition) is 1. The van der Waals surface area contributed by atoms with E-state index in [1.54, 1.807) is 12.3 Å². The Morgan fingerprint density at radius 2 is 2.47 bits per heavy atom. The summed E-state index contributed by atoms with van der Waals surface area (Å²) in [5.74, 6) is 0.377. The number of nitrogens with zero attached hydrogens (tertiary/aromatic N) is 2. The number of carbonyl (C=O) groups excluding carboxylic acids is 1. The van der Waals surface area contributed by atoms with Gasteiger partial charge in [-0.05, 0) is 31.2 Å². The molecule has 2 heterocycles. The van der Waals surface area contributed by atoms with Gasteiger partial charge in [-0.15, -0.1) is 0 Å². The molecule has 1 N–H and O–H groups in total. The Bertz CT molecular complexity index is 466. The van der Waals surface area contributed by atoms with Crippen LogP contribution in [0.2, 0.25) is 0 Å². The number of hydrogen-bond acceptors (Lipinski definition) is 4. The fourth-order valence-corrected chi connectivity index (χ4v) is 2.17. The van der Waals surface area contributed by atoms with E-state index in [4.69, 9.17) is 4.74 Å². The molecule has 1 fully saturated rings. The lowest BCUT2D eigenvalue weighted by Gasteiger charge is -2.21. The van der Waals surface area contributed by atoms with Crippen molar-refractivity contribution >= 4 is 5.91 Å². The molecule has 0 saturated carbocycles. The lowest BCUT2D eigenvalue weighted by Crippen LogP contribution is -2.34. The third kappa shape index (κ3) is 4.48. The molecule has 1 aromatic heterocycles. The molecule has 0 spiro atoms. The van der Waals surface area contributed by atoms with Crippen LogP contribution in [0.5, 0.6) is 0 Å². The molecule has 1 saturated heterocycles. The van der Waals surface area contributed by atoms with E-state index in [2.05, 4.69) is 10.3 Å². The monoisotopic (exact) mass is 265 g/mol. The lowest BCUT2D eigenvalue weighted by atomic mass is 9.99. The molecule has 104 valence electrons. The molecule has 6 heteroatoms. The predicted molar refractivity (Wildman–Crippen MR) is 69.7 cm³/mol. The van der Waals surface area contributed by atoms with E-state index in [1.165, 1.54) is 10.8 Å². The SMILES string of the molecule is O=C(Cn1cccnc1=O)NCC[C@H]1CCCOC1. The largest absolute Gasteiger partial charge is 0.381 e. The van der Waals surface area contributed by atoms with E-state index in [9.17, 15) is 9.59 Å². The topological polar surface area (TPSA) is 73.2 Å². The summed E-state index contributed by atoms with van der Waals surface area (Å²) in [6, 6.07) is 1.63. The fraction of sp³-hybridized carbons (Fsp3) is 0.615. The Hall–Kier alpha value is -1.69. The van der Waals surface area contributed by atoms with Crippen LogP contribution in [0.1, 0.15) is 19.3 Å². The van der Waals surface area contributed by atoms with Crippen molar-refractivity contribution in [1.29, 1.82) is 0 Å². The van der Waals surface area contributed by atoms with Gasteiger partial charge in [0, 0.05) is 32.2 Å². The Kier molecular flexibility index (Phi) is 5.09. The molecule has 1 aliphatic rings. The van der Waals surface area contributed by atoms with Gasteiger partial charge in [-0.3, -0.25) is 9.36 Å².